The van der Waals surface area contributed by atoms with Crippen molar-refractivity contribution in [2.24, 2.45) is 0 Å². The Morgan fingerprint density at radius 2 is 1.90 bits per heavy atom. The van der Waals surface area contributed by atoms with Crippen LogP contribution < -0.4 is 4.74 Å². The van der Waals surface area contributed by atoms with Crippen LogP contribution in [0.1, 0.15) is 13.8 Å². The van der Waals surface area contributed by atoms with E-state index in [-0.39, 0.29) is 0 Å². The lowest BCUT2D eigenvalue weighted by atomic mass is 10.2. The first kappa shape index (κ1) is 16.3. The lowest BCUT2D eigenvalue weighted by molar-refractivity contribution is 0.0447. The predicted octanol–water partition coefficient (Wildman–Crippen LogP) is 2.11. The average molecular weight is 292 g/mol. The van der Waals surface area contributed by atoms with Crippen molar-refractivity contribution in [2.75, 3.05) is 52.5 Å². The monoisotopic (exact) mass is 292 g/mol. The van der Waals surface area contributed by atoms with Gasteiger partial charge in [-0.15, -0.1) is 0 Å². The third kappa shape index (κ3) is 5.65. The summed E-state index contributed by atoms with van der Waals surface area (Å²) in [5, 5.41) is 0. The van der Waals surface area contributed by atoms with Crippen LogP contribution in [0, 0.1) is 0 Å². The molecular formula is C17H28N2O2. The number of para-hydroxylation sites is 1. The van der Waals surface area contributed by atoms with Crippen LogP contribution in [-0.4, -0.2) is 68.4 Å². The summed E-state index contributed by atoms with van der Waals surface area (Å²) in [6.07, 6.45) is 0. The van der Waals surface area contributed by atoms with Gasteiger partial charge in [0.2, 0.25) is 0 Å². The average Bonchev–Trinajstić information content (AvgIpc) is 2.51. The Balaban J connectivity index is 1.63. The van der Waals surface area contributed by atoms with Gasteiger partial charge in [0.05, 0.1) is 6.61 Å². The third-order valence-electron chi connectivity index (χ3n) is 4.00. The number of nitrogens with zero attached hydrogens (tertiary/aromatic N) is 2. The summed E-state index contributed by atoms with van der Waals surface area (Å²) in [7, 11) is 0. The molecule has 0 aromatic heterocycles. The van der Waals surface area contributed by atoms with E-state index in [1.807, 2.05) is 37.3 Å². The molecule has 1 saturated heterocycles. The Labute approximate surface area is 128 Å². The molecule has 1 atom stereocenters. The maximum absolute atomic E-state index is 5.77. The topological polar surface area (TPSA) is 24.9 Å². The first-order valence-corrected chi connectivity index (χ1v) is 8.01. The molecule has 1 aliphatic heterocycles. The van der Waals surface area contributed by atoms with Crippen LogP contribution in [0.3, 0.4) is 0 Å². The standard InChI is InChI=1S/C17H28N2O2/c1-3-20-13-12-19-10-9-18(15-16(19)2)11-14-21-17-7-5-4-6-8-17/h4-8,16H,3,9-15H2,1-2H3/t16-/m0/s1. The van der Waals surface area contributed by atoms with Gasteiger partial charge in [-0.05, 0) is 26.0 Å². The summed E-state index contributed by atoms with van der Waals surface area (Å²) >= 11 is 0. The Kier molecular flexibility index (Phi) is 7.00. The van der Waals surface area contributed by atoms with Gasteiger partial charge in [0.15, 0.2) is 0 Å². The molecule has 1 aliphatic rings. The summed E-state index contributed by atoms with van der Waals surface area (Å²) in [4.78, 5) is 5.01. The Bertz CT molecular complexity index is 386. The van der Waals surface area contributed by atoms with Gasteiger partial charge in [0, 0.05) is 45.4 Å². The quantitative estimate of drug-likeness (QED) is 0.685. The predicted molar refractivity (Wildman–Crippen MR) is 85.9 cm³/mol. The van der Waals surface area contributed by atoms with E-state index >= 15 is 0 Å². The fourth-order valence-corrected chi connectivity index (χ4v) is 2.74. The fraction of sp³-hybridized carbons (Fsp3) is 0.647. The fourth-order valence-electron chi connectivity index (χ4n) is 2.74. The first-order chi connectivity index (χ1) is 10.3. The number of hydrogen-bond acceptors (Lipinski definition) is 4. The lowest BCUT2D eigenvalue weighted by Gasteiger charge is -2.39. The molecule has 118 valence electrons. The van der Waals surface area contributed by atoms with E-state index in [0.29, 0.717) is 6.04 Å². The van der Waals surface area contributed by atoms with Gasteiger partial charge >= 0.3 is 0 Å². The lowest BCUT2D eigenvalue weighted by Crippen LogP contribution is -2.53. The second-order valence-electron chi connectivity index (χ2n) is 5.54. The summed E-state index contributed by atoms with van der Waals surface area (Å²) in [6, 6.07) is 10.6. The van der Waals surface area contributed by atoms with Crippen molar-refractivity contribution in [3.8, 4) is 5.75 Å². The summed E-state index contributed by atoms with van der Waals surface area (Å²) in [6.45, 7) is 12.2. The molecule has 1 aromatic rings. The molecule has 4 heteroatoms. The van der Waals surface area contributed by atoms with Gasteiger partial charge in [-0.2, -0.15) is 0 Å². The second kappa shape index (κ2) is 9.03. The van der Waals surface area contributed by atoms with Crippen molar-refractivity contribution >= 4 is 0 Å². The Morgan fingerprint density at radius 3 is 2.62 bits per heavy atom. The number of piperazine rings is 1. The second-order valence-corrected chi connectivity index (χ2v) is 5.54. The molecule has 1 fully saturated rings. The maximum atomic E-state index is 5.77. The molecule has 0 aliphatic carbocycles. The molecular weight excluding hydrogens is 264 g/mol. The molecule has 0 N–H and O–H groups in total. The molecule has 0 spiro atoms. The largest absolute Gasteiger partial charge is 0.492 e. The zero-order valence-corrected chi connectivity index (χ0v) is 13.3. The smallest absolute Gasteiger partial charge is 0.119 e. The Morgan fingerprint density at radius 1 is 1.10 bits per heavy atom. The van der Waals surface area contributed by atoms with Crippen LogP contribution in [0.25, 0.3) is 0 Å². The minimum atomic E-state index is 0.593. The normalized spacial score (nSPS) is 20.6. The maximum Gasteiger partial charge on any atom is 0.119 e. The van der Waals surface area contributed by atoms with Crippen molar-refractivity contribution in [2.45, 2.75) is 19.9 Å². The number of rotatable bonds is 8. The van der Waals surface area contributed by atoms with E-state index in [9.17, 15) is 0 Å². The summed E-state index contributed by atoms with van der Waals surface area (Å²) in [5.41, 5.74) is 0. The molecule has 0 amide bonds. The molecule has 0 unspecified atom stereocenters. The van der Waals surface area contributed by atoms with E-state index in [2.05, 4.69) is 16.7 Å². The van der Waals surface area contributed by atoms with Gasteiger partial charge in [0.25, 0.3) is 0 Å². The molecule has 1 aromatic carbocycles. The van der Waals surface area contributed by atoms with E-state index < -0.39 is 0 Å². The van der Waals surface area contributed by atoms with Crippen LogP contribution in [0.15, 0.2) is 30.3 Å². The van der Waals surface area contributed by atoms with Crippen LogP contribution in [0.5, 0.6) is 5.75 Å². The number of hydrogen-bond donors (Lipinski definition) is 0. The molecule has 0 bridgehead atoms. The zero-order valence-electron chi connectivity index (χ0n) is 13.3. The Hall–Kier alpha value is -1.10. The van der Waals surface area contributed by atoms with Crippen LogP contribution >= 0.6 is 0 Å². The highest BCUT2D eigenvalue weighted by Crippen LogP contribution is 2.11. The molecule has 0 saturated carbocycles. The number of benzene rings is 1. The van der Waals surface area contributed by atoms with Crippen molar-refractivity contribution < 1.29 is 9.47 Å². The first-order valence-electron chi connectivity index (χ1n) is 8.01. The number of ether oxygens (including phenoxy) is 2. The van der Waals surface area contributed by atoms with Gasteiger partial charge < -0.3 is 9.47 Å². The van der Waals surface area contributed by atoms with E-state index in [1.54, 1.807) is 0 Å². The van der Waals surface area contributed by atoms with Gasteiger partial charge in [-0.3, -0.25) is 9.80 Å². The van der Waals surface area contributed by atoms with Crippen LogP contribution in [0.2, 0.25) is 0 Å². The minimum Gasteiger partial charge on any atom is -0.492 e. The molecule has 2 rings (SSSR count). The van der Waals surface area contributed by atoms with Gasteiger partial charge in [-0.1, -0.05) is 18.2 Å². The summed E-state index contributed by atoms with van der Waals surface area (Å²) in [5.74, 6) is 0.959. The SMILES string of the molecule is CCOCCN1CCN(CCOc2ccccc2)C[C@@H]1C. The van der Waals surface area contributed by atoms with E-state index in [1.165, 1.54) is 0 Å². The molecule has 0 radical (unpaired) electrons. The summed E-state index contributed by atoms with van der Waals surface area (Å²) < 4.78 is 11.2. The van der Waals surface area contributed by atoms with Crippen molar-refractivity contribution in [3.63, 3.8) is 0 Å². The highest BCUT2D eigenvalue weighted by Gasteiger charge is 2.22. The van der Waals surface area contributed by atoms with Crippen molar-refractivity contribution in [1.29, 1.82) is 0 Å². The molecule has 21 heavy (non-hydrogen) atoms. The van der Waals surface area contributed by atoms with E-state index in [0.717, 1.165) is 58.3 Å². The van der Waals surface area contributed by atoms with Gasteiger partial charge in [0.1, 0.15) is 12.4 Å². The van der Waals surface area contributed by atoms with Crippen molar-refractivity contribution in [1.82, 2.24) is 9.80 Å². The molecule has 4 nitrogen and oxygen atoms in total. The van der Waals surface area contributed by atoms with Gasteiger partial charge in [-0.25, -0.2) is 0 Å². The highest BCUT2D eigenvalue weighted by molar-refractivity contribution is 5.20. The molecule has 1 heterocycles. The zero-order chi connectivity index (χ0) is 14.9. The van der Waals surface area contributed by atoms with Crippen LogP contribution in [-0.2, 0) is 4.74 Å². The van der Waals surface area contributed by atoms with Crippen molar-refractivity contribution in [3.05, 3.63) is 30.3 Å². The highest BCUT2D eigenvalue weighted by atomic mass is 16.5. The minimum absolute atomic E-state index is 0.593. The van der Waals surface area contributed by atoms with E-state index in [4.69, 9.17) is 9.47 Å². The third-order valence-corrected chi connectivity index (χ3v) is 4.00. The van der Waals surface area contributed by atoms with Crippen LogP contribution in [0.4, 0.5) is 0 Å².